The van der Waals surface area contributed by atoms with Crippen LogP contribution in [-0.4, -0.2) is 37.6 Å². The first-order chi connectivity index (χ1) is 13.2. The van der Waals surface area contributed by atoms with Crippen LogP contribution in [0.4, 0.5) is 0 Å². The summed E-state index contributed by atoms with van der Waals surface area (Å²) in [4.78, 5) is 14.5. The van der Waals surface area contributed by atoms with E-state index in [4.69, 9.17) is 9.47 Å². The molecule has 2 aromatic rings. The summed E-state index contributed by atoms with van der Waals surface area (Å²) in [6.45, 7) is 0.719. The second-order valence-electron chi connectivity index (χ2n) is 7.21. The number of nitrogens with zero attached hydrogens (tertiary/aromatic N) is 1. The standard InChI is InChI=1S/C23H29NO3/c1-24(16-8-11-18-9-4-3-5-10-18)23(25)19-14-15-21(22(17-19)26-2)27-20-12-6-7-13-20/h3-5,9-10,14-15,17,20H,6-8,11-13,16H2,1-2H3. The quantitative estimate of drug-likeness (QED) is 0.677. The number of rotatable bonds is 8. The van der Waals surface area contributed by atoms with E-state index in [-0.39, 0.29) is 12.0 Å². The number of methoxy groups -OCH3 is 1. The smallest absolute Gasteiger partial charge is 0.253 e. The highest BCUT2D eigenvalue weighted by Gasteiger charge is 2.20. The van der Waals surface area contributed by atoms with Crippen molar-refractivity contribution in [3.63, 3.8) is 0 Å². The molecule has 1 aliphatic carbocycles. The van der Waals surface area contributed by atoms with Crippen LogP contribution in [0, 0.1) is 0 Å². The molecule has 0 saturated heterocycles. The molecule has 0 radical (unpaired) electrons. The van der Waals surface area contributed by atoms with Crippen molar-refractivity contribution >= 4 is 5.91 Å². The number of benzene rings is 2. The van der Waals surface area contributed by atoms with E-state index < -0.39 is 0 Å². The van der Waals surface area contributed by atoms with E-state index in [1.165, 1.54) is 18.4 Å². The van der Waals surface area contributed by atoms with Gasteiger partial charge in [-0.05, 0) is 62.3 Å². The molecule has 4 nitrogen and oxygen atoms in total. The second kappa shape index (κ2) is 9.45. The fourth-order valence-corrected chi connectivity index (χ4v) is 3.57. The van der Waals surface area contributed by atoms with Crippen LogP contribution in [0.2, 0.25) is 0 Å². The first kappa shape index (κ1) is 19.3. The largest absolute Gasteiger partial charge is 0.493 e. The highest BCUT2D eigenvalue weighted by atomic mass is 16.5. The first-order valence-corrected chi connectivity index (χ1v) is 9.81. The van der Waals surface area contributed by atoms with E-state index >= 15 is 0 Å². The molecule has 1 aliphatic rings. The van der Waals surface area contributed by atoms with Gasteiger partial charge in [-0.15, -0.1) is 0 Å². The maximum atomic E-state index is 12.7. The molecule has 1 amide bonds. The summed E-state index contributed by atoms with van der Waals surface area (Å²) in [5.41, 5.74) is 1.93. The van der Waals surface area contributed by atoms with Crippen LogP contribution in [0.1, 0.15) is 48.0 Å². The Balaban J connectivity index is 1.57. The van der Waals surface area contributed by atoms with E-state index in [2.05, 4.69) is 12.1 Å². The lowest BCUT2D eigenvalue weighted by Crippen LogP contribution is -2.28. The summed E-state index contributed by atoms with van der Waals surface area (Å²) in [5.74, 6) is 1.37. The van der Waals surface area contributed by atoms with Gasteiger partial charge in [0, 0.05) is 19.2 Å². The predicted molar refractivity (Wildman–Crippen MR) is 108 cm³/mol. The van der Waals surface area contributed by atoms with Gasteiger partial charge in [0.2, 0.25) is 0 Å². The van der Waals surface area contributed by atoms with E-state index in [1.807, 2.05) is 37.4 Å². The van der Waals surface area contributed by atoms with Gasteiger partial charge in [0.15, 0.2) is 11.5 Å². The third-order valence-corrected chi connectivity index (χ3v) is 5.15. The van der Waals surface area contributed by atoms with Gasteiger partial charge in [-0.1, -0.05) is 30.3 Å². The van der Waals surface area contributed by atoms with Crippen molar-refractivity contribution in [2.45, 2.75) is 44.6 Å². The molecule has 4 heteroatoms. The monoisotopic (exact) mass is 367 g/mol. The van der Waals surface area contributed by atoms with E-state index in [0.29, 0.717) is 11.3 Å². The first-order valence-electron chi connectivity index (χ1n) is 9.81. The summed E-state index contributed by atoms with van der Waals surface area (Å²) in [6.07, 6.45) is 6.79. The SMILES string of the molecule is COc1cc(C(=O)N(C)CCCc2ccccc2)ccc1OC1CCCC1. The Kier molecular flexibility index (Phi) is 6.74. The Hall–Kier alpha value is -2.49. The maximum Gasteiger partial charge on any atom is 0.253 e. The van der Waals surface area contributed by atoms with Crippen LogP contribution in [0.3, 0.4) is 0 Å². The minimum absolute atomic E-state index is 0.00813. The van der Waals surface area contributed by atoms with Crippen LogP contribution in [0.5, 0.6) is 11.5 Å². The molecule has 1 saturated carbocycles. The predicted octanol–water partition coefficient (Wildman–Crippen LogP) is 4.72. The van der Waals surface area contributed by atoms with Crippen molar-refractivity contribution in [3.8, 4) is 11.5 Å². The number of hydrogen-bond donors (Lipinski definition) is 0. The highest BCUT2D eigenvalue weighted by Crippen LogP contribution is 2.32. The van der Waals surface area contributed by atoms with Crippen LogP contribution in [0.15, 0.2) is 48.5 Å². The minimum atomic E-state index is 0.00813. The van der Waals surface area contributed by atoms with Gasteiger partial charge in [-0.25, -0.2) is 0 Å². The molecule has 0 heterocycles. The topological polar surface area (TPSA) is 38.8 Å². The van der Waals surface area contributed by atoms with Crippen molar-refractivity contribution in [2.24, 2.45) is 0 Å². The fourth-order valence-electron chi connectivity index (χ4n) is 3.57. The number of carbonyl (C=O) groups excluding carboxylic acids is 1. The number of hydrogen-bond acceptors (Lipinski definition) is 3. The van der Waals surface area contributed by atoms with Crippen LogP contribution < -0.4 is 9.47 Å². The number of carbonyl (C=O) groups is 1. The molecule has 2 aromatic carbocycles. The van der Waals surface area contributed by atoms with Crippen molar-refractivity contribution in [2.75, 3.05) is 20.7 Å². The second-order valence-corrected chi connectivity index (χ2v) is 7.21. The molecule has 0 spiro atoms. The maximum absolute atomic E-state index is 12.7. The van der Waals surface area contributed by atoms with Gasteiger partial charge in [-0.3, -0.25) is 4.79 Å². The zero-order valence-electron chi connectivity index (χ0n) is 16.3. The molecular weight excluding hydrogens is 338 g/mol. The van der Waals surface area contributed by atoms with E-state index in [9.17, 15) is 4.79 Å². The van der Waals surface area contributed by atoms with Gasteiger partial charge < -0.3 is 14.4 Å². The van der Waals surface area contributed by atoms with Gasteiger partial charge >= 0.3 is 0 Å². The lowest BCUT2D eigenvalue weighted by atomic mass is 10.1. The van der Waals surface area contributed by atoms with Crippen molar-refractivity contribution < 1.29 is 14.3 Å². The van der Waals surface area contributed by atoms with Crippen molar-refractivity contribution in [3.05, 3.63) is 59.7 Å². The Morgan fingerprint density at radius 2 is 1.81 bits per heavy atom. The van der Waals surface area contributed by atoms with Crippen LogP contribution >= 0.6 is 0 Å². The zero-order chi connectivity index (χ0) is 19.1. The molecule has 27 heavy (non-hydrogen) atoms. The average molecular weight is 367 g/mol. The lowest BCUT2D eigenvalue weighted by molar-refractivity contribution is 0.0793. The van der Waals surface area contributed by atoms with Gasteiger partial charge in [0.25, 0.3) is 5.91 Å². The Morgan fingerprint density at radius 3 is 2.52 bits per heavy atom. The average Bonchev–Trinajstić information content (AvgIpc) is 3.21. The summed E-state index contributed by atoms with van der Waals surface area (Å²) in [6, 6.07) is 15.8. The molecule has 0 aliphatic heterocycles. The Bertz CT molecular complexity index is 739. The third-order valence-electron chi connectivity index (χ3n) is 5.15. The zero-order valence-corrected chi connectivity index (χ0v) is 16.3. The molecular formula is C23H29NO3. The van der Waals surface area contributed by atoms with Crippen molar-refractivity contribution in [1.29, 1.82) is 0 Å². The molecule has 0 atom stereocenters. The van der Waals surface area contributed by atoms with Crippen LogP contribution in [0.25, 0.3) is 0 Å². The van der Waals surface area contributed by atoms with Crippen LogP contribution in [-0.2, 0) is 6.42 Å². The molecule has 144 valence electrons. The Labute approximate surface area is 162 Å². The fraction of sp³-hybridized carbons (Fsp3) is 0.435. The number of aryl methyl sites for hydroxylation is 1. The Morgan fingerprint density at radius 1 is 1.07 bits per heavy atom. The number of amides is 1. The third kappa shape index (κ3) is 5.25. The summed E-state index contributed by atoms with van der Waals surface area (Å²) in [7, 11) is 3.47. The van der Waals surface area contributed by atoms with Gasteiger partial charge in [0.1, 0.15) is 0 Å². The van der Waals surface area contributed by atoms with E-state index in [1.54, 1.807) is 18.1 Å². The van der Waals surface area contributed by atoms with Gasteiger partial charge in [-0.2, -0.15) is 0 Å². The lowest BCUT2D eigenvalue weighted by Gasteiger charge is -2.19. The normalized spacial score (nSPS) is 14.1. The van der Waals surface area contributed by atoms with Gasteiger partial charge in [0.05, 0.1) is 13.2 Å². The minimum Gasteiger partial charge on any atom is -0.493 e. The molecule has 0 N–H and O–H groups in total. The van der Waals surface area contributed by atoms with E-state index in [0.717, 1.165) is 38.0 Å². The summed E-state index contributed by atoms with van der Waals surface area (Å²) >= 11 is 0. The molecule has 0 bridgehead atoms. The summed E-state index contributed by atoms with van der Waals surface area (Å²) in [5, 5.41) is 0. The van der Waals surface area contributed by atoms with Crippen molar-refractivity contribution in [1.82, 2.24) is 4.90 Å². The molecule has 0 aromatic heterocycles. The number of ether oxygens (including phenoxy) is 2. The highest BCUT2D eigenvalue weighted by molar-refractivity contribution is 5.94. The molecule has 3 rings (SSSR count). The summed E-state index contributed by atoms with van der Waals surface area (Å²) < 4.78 is 11.5. The molecule has 0 unspecified atom stereocenters. The molecule has 1 fully saturated rings.